The minimum atomic E-state index is 0.00264. The molecule has 0 bridgehead atoms. The van der Waals surface area contributed by atoms with Gasteiger partial charge in [-0.25, -0.2) is 4.79 Å². The highest BCUT2D eigenvalue weighted by atomic mass is 16.2. The highest BCUT2D eigenvalue weighted by Gasteiger charge is 2.16. The summed E-state index contributed by atoms with van der Waals surface area (Å²) < 4.78 is 0. The first-order valence-corrected chi connectivity index (χ1v) is 6.43. The van der Waals surface area contributed by atoms with E-state index in [9.17, 15) is 4.79 Å². The third-order valence-electron chi connectivity index (χ3n) is 3.70. The zero-order valence-electron chi connectivity index (χ0n) is 11.3. The van der Waals surface area contributed by atoms with E-state index in [2.05, 4.69) is 37.5 Å². The fourth-order valence-corrected chi connectivity index (χ4v) is 2.15. The molecule has 1 heterocycles. The molecule has 0 spiro atoms. The number of piperazine rings is 1. The van der Waals surface area contributed by atoms with Gasteiger partial charge in [-0.05, 0) is 43.5 Å². The number of nitrogens with one attached hydrogen (secondary N) is 2. The summed E-state index contributed by atoms with van der Waals surface area (Å²) in [6.07, 6.45) is 0. The Balaban J connectivity index is 2.09. The number of carbonyl (C=O) groups is 1. The minimum absolute atomic E-state index is 0.00264. The molecule has 0 saturated carbocycles. The maximum Gasteiger partial charge on any atom is 0.321 e. The van der Waals surface area contributed by atoms with E-state index < -0.39 is 0 Å². The molecule has 4 heteroatoms. The molecule has 98 valence electrons. The van der Waals surface area contributed by atoms with Gasteiger partial charge in [-0.3, -0.25) is 0 Å². The Bertz CT molecular complexity index is 451. The lowest BCUT2D eigenvalue weighted by atomic mass is 10.0. The van der Waals surface area contributed by atoms with E-state index in [1.54, 1.807) is 0 Å². The lowest BCUT2D eigenvalue weighted by Crippen LogP contribution is -2.48. The fourth-order valence-electron chi connectivity index (χ4n) is 2.15. The molecule has 2 N–H and O–H groups in total. The first-order chi connectivity index (χ1) is 8.59. The largest absolute Gasteiger partial charge is 0.322 e. The van der Waals surface area contributed by atoms with Gasteiger partial charge in [0.1, 0.15) is 0 Å². The number of benzene rings is 1. The summed E-state index contributed by atoms with van der Waals surface area (Å²) in [4.78, 5) is 14.0. The first kappa shape index (κ1) is 12.9. The SMILES string of the molecule is Cc1ccc(NC(=O)N2CCNCC2)c(C)c1C. The molecule has 1 aromatic rings. The summed E-state index contributed by atoms with van der Waals surface area (Å²) in [5, 5.41) is 6.25. The van der Waals surface area contributed by atoms with E-state index in [-0.39, 0.29) is 6.03 Å². The second kappa shape index (κ2) is 5.40. The Morgan fingerprint density at radius 2 is 1.83 bits per heavy atom. The molecule has 18 heavy (non-hydrogen) atoms. The highest BCUT2D eigenvalue weighted by Crippen LogP contribution is 2.21. The number of hydrogen-bond acceptors (Lipinski definition) is 2. The third-order valence-corrected chi connectivity index (χ3v) is 3.70. The Morgan fingerprint density at radius 1 is 1.17 bits per heavy atom. The number of nitrogens with zero attached hydrogens (tertiary/aromatic N) is 1. The van der Waals surface area contributed by atoms with Crippen LogP contribution in [-0.2, 0) is 0 Å². The normalized spacial score (nSPS) is 15.6. The predicted molar refractivity (Wildman–Crippen MR) is 74.1 cm³/mol. The molecule has 1 aliphatic heterocycles. The fraction of sp³-hybridized carbons (Fsp3) is 0.500. The number of carbonyl (C=O) groups excluding carboxylic acids is 1. The van der Waals surface area contributed by atoms with E-state index in [0.717, 1.165) is 37.4 Å². The van der Waals surface area contributed by atoms with Crippen molar-refractivity contribution >= 4 is 11.7 Å². The van der Waals surface area contributed by atoms with E-state index in [0.29, 0.717) is 0 Å². The van der Waals surface area contributed by atoms with Gasteiger partial charge < -0.3 is 15.5 Å². The number of urea groups is 1. The van der Waals surface area contributed by atoms with E-state index >= 15 is 0 Å². The molecule has 2 rings (SSSR count). The van der Waals surface area contributed by atoms with Crippen LogP contribution in [0.5, 0.6) is 0 Å². The van der Waals surface area contributed by atoms with Crippen LogP contribution in [0.25, 0.3) is 0 Å². The smallest absolute Gasteiger partial charge is 0.321 e. The van der Waals surface area contributed by atoms with Crippen molar-refractivity contribution in [2.45, 2.75) is 20.8 Å². The Labute approximate surface area is 108 Å². The molecule has 1 fully saturated rings. The van der Waals surface area contributed by atoms with Gasteiger partial charge in [0.2, 0.25) is 0 Å². The molecule has 2 amide bonds. The van der Waals surface area contributed by atoms with Gasteiger partial charge in [-0.2, -0.15) is 0 Å². The Hall–Kier alpha value is -1.55. The van der Waals surface area contributed by atoms with Crippen LogP contribution in [0.15, 0.2) is 12.1 Å². The molecule has 0 aromatic heterocycles. The van der Waals surface area contributed by atoms with Crippen LogP contribution in [0.3, 0.4) is 0 Å². The molecule has 1 aromatic carbocycles. The van der Waals surface area contributed by atoms with E-state index in [4.69, 9.17) is 0 Å². The van der Waals surface area contributed by atoms with Gasteiger partial charge in [0.05, 0.1) is 0 Å². The maximum atomic E-state index is 12.1. The molecule has 0 aliphatic carbocycles. The third kappa shape index (κ3) is 2.64. The average Bonchev–Trinajstić information content (AvgIpc) is 2.40. The second-order valence-corrected chi connectivity index (χ2v) is 4.85. The van der Waals surface area contributed by atoms with Crippen LogP contribution < -0.4 is 10.6 Å². The molecule has 0 unspecified atom stereocenters. The molecular weight excluding hydrogens is 226 g/mol. The Kier molecular flexibility index (Phi) is 3.87. The average molecular weight is 247 g/mol. The van der Waals surface area contributed by atoms with Crippen molar-refractivity contribution in [3.05, 3.63) is 28.8 Å². The van der Waals surface area contributed by atoms with E-state index in [1.165, 1.54) is 11.1 Å². The van der Waals surface area contributed by atoms with Crippen LogP contribution in [0.1, 0.15) is 16.7 Å². The summed E-state index contributed by atoms with van der Waals surface area (Å²) in [5.41, 5.74) is 4.57. The first-order valence-electron chi connectivity index (χ1n) is 6.43. The zero-order chi connectivity index (χ0) is 13.1. The summed E-state index contributed by atoms with van der Waals surface area (Å²) in [7, 11) is 0. The summed E-state index contributed by atoms with van der Waals surface area (Å²) in [6.45, 7) is 9.52. The van der Waals surface area contributed by atoms with Gasteiger partial charge >= 0.3 is 6.03 Å². The van der Waals surface area contributed by atoms with Gasteiger partial charge in [0.25, 0.3) is 0 Å². The van der Waals surface area contributed by atoms with E-state index in [1.807, 2.05) is 11.0 Å². The minimum Gasteiger partial charge on any atom is -0.322 e. The van der Waals surface area contributed by atoms with Gasteiger partial charge in [-0.1, -0.05) is 6.07 Å². The highest BCUT2D eigenvalue weighted by molar-refractivity contribution is 5.90. The van der Waals surface area contributed by atoms with Gasteiger partial charge in [0, 0.05) is 31.9 Å². The van der Waals surface area contributed by atoms with Crippen molar-refractivity contribution < 1.29 is 4.79 Å². The van der Waals surface area contributed by atoms with Crippen LogP contribution in [0.2, 0.25) is 0 Å². The number of hydrogen-bond donors (Lipinski definition) is 2. The standard InChI is InChI=1S/C14H21N3O/c1-10-4-5-13(12(3)11(10)2)16-14(18)17-8-6-15-7-9-17/h4-5,15H,6-9H2,1-3H3,(H,16,18). The quantitative estimate of drug-likeness (QED) is 0.797. The van der Waals surface area contributed by atoms with Crippen molar-refractivity contribution in [1.29, 1.82) is 0 Å². The summed E-state index contributed by atoms with van der Waals surface area (Å²) in [5.74, 6) is 0. The van der Waals surface area contributed by atoms with Crippen LogP contribution in [0.4, 0.5) is 10.5 Å². The monoisotopic (exact) mass is 247 g/mol. The number of amides is 2. The molecule has 0 atom stereocenters. The number of aryl methyl sites for hydroxylation is 1. The zero-order valence-corrected chi connectivity index (χ0v) is 11.3. The number of anilines is 1. The molecule has 0 radical (unpaired) electrons. The summed E-state index contributed by atoms with van der Waals surface area (Å²) >= 11 is 0. The molecular formula is C14H21N3O. The lowest BCUT2D eigenvalue weighted by Gasteiger charge is -2.28. The summed E-state index contributed by atoms with van der Waals surface area (Å²) in [6, 6.07) is 4.04. The van der Waals surface area contributed by atoms with Gasteiger partial charge in [-0.15, -0.1) is 0 Å². The molecule has 1 saturated heterocycles. The van der Waals surface area contributed by atoms with Crippen molar-refractivity contribution in [2.24, 2.45) is 0 Å². The number of rotatable bonds is 1. The Morgan fingerprint density at radius 3 is 2.50 bits per heavy atom. The van der Waals surface area contributed by atoms with Gasteiger partial charge in [0.15, 0.2) is 0 Å². The van der Waals surface area contributed by atoms with Crippen molar-refractivity contribution in [2.75, 3.05) is 31.5 Å². The second-order valence-electron chi connectivity index (χ2n) is 4.85. The molecule has 1 aliphatic rings. The van der Waals surface area contributed by atoms with Crippen molar-refractivity contribution in [1.82, 2.24) is 10.2 Å². The van der Waals surface area contributed by atoms with Crippen LogP contribution >= 0.6 is 0 Å². The topological polar surface area (TPSA) is 44.4 Å². The van der Waals surface area contributed by atoms with Crippen molar-refractivity contribution in [3.8, 4) is 0 Å². The lowest BCUT2D eigenvalue weighted by molar-refractivity contribution is 0.204. The van der Waals surface area contributed by atoms with Crippen LogP contribution in [-0.4, -0.2) is 37.1 Å². The van der Waals surface area contributed by atoms with Crippen LogP contribution in [0, 0.1) is 20.8 Å². The molecule has 4 nitrogen and oxygen atoms in total. The predicted octanol–water partition coefficient (Wildman–Crippen LogP) is 2.05. The maximum absolute atomic E-state index is 12.1. The van der Waals surface area contributed by atoms with Crippen molar-refractivity contribution in [3.63, 3.8) is 0 Å².